The highest BCUT2D eigenvalue weighted by Gasteiger charge is 2.01. The zero-order chi connectivity index (χ0) is 17.3. The van der Waals surface area contributed by atoms with Gasteiger partial charge in [0.05, 0.1) is 0 Å². The number of carbonyl (C=O) groups excluding carboxylic acids is 1. The first-order valence-electron chi connectivity index (χ1n) is 9.87. The van der Waals surface area contributed by atoms with E-state index in [0.717, 1.165) is 6.42 Å². The molecule has 0 aromatic carbocycles. The molecule has 0 heterocycles. The van der Waals surface area contributed by atoms with Crippen molar-refractivity contribution < 1.29 is 4.79 Å². The first kappa shape index (κ1) is 22.4. The van der Waals surface area contributed by atoms with Gasteiger partial charge in [0.2, 0.25) is 0 Å². The van der Waals surface area contributed by atoms with Crippen molar-refractivity contribution in [2.24, 2.45) is 0 Å². The fourth-order valence-electron chi connectivity index (χ4n) is 2.87. The van der Waals surface area contributed by atoms with Gasteiger partial charge in [0, 0.05) is 6.42 Å². The molecule has 0 aliphatic carbocycles. The lowest BCUT2D eigenvalue weighted by Gasteiger charge is -2.08. The average molecular weight is 324 g/mol. The molecule has 0 saturated heterocycles. The molecular formula is C21H41NO. The van der Waals surface area contributed by atoms with Gasteiger partial charge in [0.1, 0.15) is 0 Å². The van der Waals surface area contributed by atoms with Crippen molar-refractivity contribution in [1.82, 2.24) is 4.90 Å². The minimum atomic E-state index is 0.242. The van der Waals surface area contributed by atoms with Crippen molar-refractivity contribution in [3.63, 3.8) is 0 Å². The van der Waals surface area contributed by atoms with E-state index < -0.39 is 0 Å². The third-order valence-corrected chi connectivity index (χ3v) is 4.49. The Morgan fingerprint density at radius 3 is 1.39 bits per heavy atom. The molecule has 0 unspecified atom stereocenters. The van der Waals surface area contributed by atoms with Crippen molar-refractivity contribution >= 4 is 5.78 Å². The van der Waals surface area contributed by atoms with Gasteiger partial charge in [-0.25, -0.2) is 0 Å². The lowest BCUT2D eigenvalue weighted by molar-refractivity contribution is -0.115. The maximum atomic E-state index is 11.4. The van der Waals surface area contributed by atoms with E-state index in [1.54, 1.807) is 0 Å². The van der Waals surface area contributed by atoms with Gasteiger partial charge in [0.15, 0.2) is 5.78 Å². The molecule has 0 aromatic rings. The summed E-state index contributed by atoms with van der Waals surface area (Å²) in [5, 5.41) is 0. The zero-order valence-corrected chi connectivity index (χ0v) is 16.2. The van der Waals surface area contributed by atoms with Crippen molar-refractivity contribution in [2.75, 3.05) is 20.6 Å². The van der Waals surface area contributed by atoms with E-state index in [9.17, 15) is 4.79 Å². The van der Waals surface area contributed by atoms with Crippen LogP contribution in [0.1, 0.15) is 96.8 Å². The van der Waals surface area contributed by atoms with E-state index in [-0.39, 0.29) is 5.78 Å². The third-order valence-electron chi connectivity index (χ3n) is 4.49. The van der Waals surface area contributed by atoms with Crippen LogP contribution >= 0.6 is 0 Å². The summed E-state index contributed by atoms with van der Waals surface area (Å²) < 4.78 is 0. The summed E-state index contributed by atoms with van der Waals surface area (Å²) in [5.41, 5.74) is 0.711. The lowest BCUT2D eigenvalue weighted by Crippen LogP contribution is -2.12. The number of nitrogens with zero attached hydrogens (tertiary/aromatic N) is 1. The molecular weight excluding hydrogens is 282 g/mol. The summed E-state index contributed by atoms with van der Waals surface area (Å²) in [6.07, 6.45) is 18.2. The Morgan fingerprint density at radius 1 is 0.696 bits per heavy atom. The maximum Gasteiger partial charge on any atom is 0.157 e. The van der Waals surface area contributed by atoms with Gasteiger partial charge in [-0.1, -0.05) is 77.2 Å². The van der Waals surface area contributed by atoms with Crippen molar-refractivity contribution in [3.05, 3.63) is 12.2 Å². The molecule has 0 rings (SSSR count). The largest absolute Gasteiger partial charge is 0.309 e. The van der Waals surface area contributed by atoms with Gasteiger partial charge in [-0.15, -0.1) is 0 Å². The zero-order valence-electron chi connectivity index (χ0n) is 16.2. The second-order valence-corrected chi connectivity index (χ2v) is 7.35. The quantitative estimate of drug-likeness (QED) is 0.236. The SMILES string of the molecule is C=C(C)C(=O)CCCCCCCCCCCCCCCN(C)C. The molecule has 0 aromatic heterocycles. The second kappa shape index (κ2) is 16.2. The molecule has 0 aliphatic heterocycles. The van der Waals surface area contributed by atoms with E-state index in [0.29, 0.717) is 12.0 Å². The summed E-state index contributed by atoms with van der Waals surface area (Å²) in [6.45, 7) is 6.74. The number of rotatable bonds is 17. The highest BCUT2D eigenvalue weighted by Crippen LogP contribution is 2.13. The summed E-state index contributed by atoms with van der Waals surface area (Å²) in [7, 11) is 4.31. The number of allylic oxidation sites excluding steroid dienone is 1. The fraction of sp³-hybridized carbons (Fsp3) is 0.857. The Morgan fingerprint density at radius 2 is 1.04 bits per heavy atom. The standard InChI is InChI=1S/C21H41NO/c1-20(2)21(23)18-16-14-12-10-8-6-5-7-9-11-13-15-17-19-22(3)4/h1,5-19H2,2-4H3. The van der Waals surface area contributed by atoms with E-state index in [4.69, 9.17) is 0 Å². The summed E-state index contributed by atoms with van der Waals surface area (Å²) >= 11 is 0. The monoisotopic (exact) mass is 323 g/mol. The Labute approximate surface area is 145 Å². The number of unbranched alkanes of at least 4 members (excludes halogenated alkanes) is 12. The van der Waals surface area contributed by atoms with Crippen molar-refractivity contribution in [2.45, 2.75) is 96.8 Å². The molecule has 0 saturated carbocycles. The molecule has 0 fully saturated rings. The van der Waals surface area contributed by atoms with Crippen molar-refractivity contribution in [3.8, 4) is 0 Å². The molecule has 0 bridgehead atoms. The molecule has 23 heavy (non-hydrogen) atoms. The molecule has 0 N–H and O–H groups in total. The average Bonchev–Trinajstić information content (AvgIpc) is 2.50. The normalized spacial score (nSPS) is 11.1. The molecule has 2 heteroatoms. The van der Waals surface area contributed by atoms with Crippen LogP contribution in [0.5, 0.6) is 0 Å². The minimum Gasteiger partial charge on any atom is -0.309 e. The molecule has 0 radical (unpaired) electrons. The molecule has 0 atom stereocenters. The molecule has 0 aliphatic rings. The van der Waals surface area contributed by atoms with Crippen LogP contribution in [-0.4, -0.2) is 31.3 Å². The van der Waals surface area contributed by atoms with Crippen LogP contribution in [0.2, 0.25) is 0 Å². The summed E-state index contributed by atoms with van der Waals surface area (Å²) in [5.74, 6) is 0.242. The van der Waals surface area contributed by atoms with Crippen molar-refractivity contribution in [1.29, 1.82) is 0 Å². The van der Waals surface area contributed by atoms with E-state index >= 15 is 0 Å². The number of hydrogen-bond donors (Lipinski definition) is 0. The van der Waals surface area contributed by atoms with Crippen LogP contribution in [0.15, 0.2) is 12.2 Å². The van der Waals surface area contributed by atoms with Gasteiger partial charge in [-0.05, 0) is 46.0 Å². The molecule has 0 amide bonds. The van der Waals surface area contributed by atoms with Gasteiger partial charge < -0.3 is 4.90 Å². The Balaban J connectivity index is 3.08. The van der Waals surface area contributed by atoms with E-state index in [1.807, 2.05) is 6.92 Å². The summed E-state index contributed by atoms with van der Waals surface area (Å²) in [4.78, 5) is 13.7. The topological polar surface area (TPSA) is 20.3 Å². The number of ketones is 1. The van der Waals surface area contributed by atoms with Crippen LogP contribution in [0.3, 0.4) is 0 Å². The van der Waals surface area contributed by atoms with E-state index in [1.165, 1.54) is 83.6 Å². The number of Topliss-reactive ketones (excluding diaryl/α,β-unsaturated/α-hetero) is 1. The van der Waals surface area contributed by atoms with Crippen LogP contribution in [0.25, 0.3) is 0 Å². The van der Waals surface area contributed by atoms with E-state index in [2.05, 4.69) is 25.6 Å². The number of hydrogen-bond acceptors (Lipinski definition) is 2. The first-order valence-corrected chi connectivity index (χ1v) is 9.87. The molecule has 2 nitrogen and oxygen atoms in total. The van der Waals surface area contributed by atoms with Gasteiger partial charge in [-0.2, -0.15) is 0 Å². The highest BCUT2D eigenvalue weighted by atomic mass is 16.1. The van der Waals surface area contributed by atoms with Crippen LogP contribution in [0, 0.1) is 0 Å². The highest BCUT2D eigenvalue weighted by molar-refractivity contribution is 5.93. The predicted molar refractivity (Wildman–Crippen MR) is 103 cm³/mol. The Kier molecular flexibility index (Phi) is 15.8. The smallest absolute Gasteiger partial charge is 0.157 e. The van der Waals surface area contributed by atoms with Crippen LogP contribution in [-0.2, 0) is 4.79 Å². The predicted octanol–water partition coefficient (Wildman–Crippen LogP) is 6.15. The van der Waals surface area contributed by atoms with Crippen LogP contribution in [0.4, 0.5) is 0 Å². The Bertz CT molecular complexity index is 296. The molecule has 0 spiro atoms. The molecule has 136 valence electrons. The Hall–Kier alpha value is -0.630. The third kappa shape index (κ3) is 17.6. The minimum absolute atomic E-state index is 0.242. The number of carbonyl (C=O) groups is 1. The second-order valence-electron chi connectivity index (χ2n) is 7.35. The first-order chi connectivity index (χ1) is 11.0. The summed E-state index contributed by atoms with van der Waals surface area (Å²) in [6, 6.07) is 0. The fourth-order valence-corrected chi connectivity index (χ4v) is 2.87. The van der Waals surface area contributed by atoms with Crippen LogP contribution < -0.4 is 0 Å². The maximum absolute atomic E-state index is 11.4. The van der Waals surface area contributed by atoms with Gasteiger partial charge in [0.25, 0.3) is 0 Å². The lowest BCUT2D eigenvalue weighted by atomic mass is 10.0. The van der Waals surface area contributed by atoms with Gasteiger partial charge >= 0.3 is 0 Å². The van der Waals surface area contributed by atoms with Gasteiger partial charge in [-0.3, -0.25) is 4.79 Å².